The Bertz CT molecular complexity index is 1200. The lowest BCUT2D eigenvalue weighted by Crippen LogP contribution is -2.48. The first kappa shape index (κ1) is 25.0. The van der Waals surface area contributed by atoms with Crippen molar-refractivity contribution >= 4 is 34.9 Å². The molecule has 3 aromatic rings. The maximum atomic E-state index is 12.6. The molecule has 8 heteroatoms. The summed E-state index contributed by atoms with van der Waals surface area (Å²) in [7, 11) is 2.12. The first-order valence-electron chi connectivity index (χ1n) is 11.5. The topological polar surface area (TPSA) is 71.4 Å². The third-order valence-electron chi connectivity index (χ3n) is 6.18. The Morgan fingerprint density at radius 3 is 2.31 bits per heavy atom. The zero-order valence-corrected chi connectivity index (χ0v) is 21.0. The van der Waals surface area contributed by atoms with E-state index < -0.39 is 0 Å². The smallest absolute Gasteiger partial charge is 0.319 e. The van der Waals surface area contributed by atoms with Crippen LogP contribution in [0.4, 0.5) is 10.5 Å². The van der Waals surface area contributed by atoms with Crippen molar-refractivity contribution in [2.45, 2.75) is 6.04 Å². The van der Waals surface area contributed by atoms with E-state index in [1.165, 1.54) is 0 Å². The van der Waals surface area contributed by atoms with E-state index in [-0.39, 0.29) is 12.1 Å². The van der Waals surface area contributed by atoms with Crippen LogP contribution in [-0.2, 0) is 0 Å². The van der Waals surface area contributed by atoms with Gasteiger partial charge in [0.25, 0.3) is 0 Å². The first-order valence-corrected chi connectivity index (χ1v) is 12.2. The van der Waals surface area contributed by atoms with Gasteiger partial charge in [-0.2, -0.15) is 5.26 Å². The molecular weight excluding hydrogens is 481 g/mol. The zero-order valence-electron chi connectivity index (χ0n) is 19.5. The predicted molar refractivity (Wildman–Crippen MR) is 142 cm³/mol. The van der Waals surface area contributed by atoms with E-state index in [4.69, 9.17) is 23.2 Å². The van der Waals surface area contributed by atoms with Crippen LogP contribution in [0.15, 0.2) is 66.7 Å². The number of rotatable bonds is 6. The van der Waals surface area contributed by atoms with Crippen LogP contribution in [0.2, 0.25) is 10.0 Å². The van der Waals surface area contributed by atoms with Gasteiger partial charge in [-0.3, -0.25) is 4.90 Å². The van der Waals surface area contributed by atoms with Crippen LogP contribution in [0.1, 0.15) is 17.2 Å². The number of hydrogen-bond donors (Lipinski definition) is 2. The van der Waals surface area contributed by atoms with E-state index in [9.17, 15) is 10.1 Å². The second kappa shape index (κ2) is 11.6. The molecule has 35 heavy (non-hydrogen) atoms. The summed E-state index contributed by atoms with van der Waals surface area (Å²) in [6.07, 6.45) is 0. The zero-order chi connectivity index (χ0) is 24.8. The molecule has 1 fully saturated rings. The first-order chi connectivity index (χ1) is 16.9. The van der Waals surface area contributed by atoms with Crippen LogP contribution in [0.25, 0.3) is 11.1 Å². The third-order valence-corrected chi connectivity index (χ3v) is 6.61. The minimum atomic E-state index is -0.313. The van der Waals surface area contributed by atoms with E-state index >= 15 is 0 Å². The van der Waals surface area contributed by atoms with E-state index in [0.717, 1.165) is 42.9 Å². The average molecular weight is 508 g/mol. The Morgan fingerprint density at radius 2 is 1.66 bits per heavy atom. The summed E-state index contributed by atoms with van der Waals surface area (Å²) >= 11 is 12.1. The minimum Gasteiger partial charge on any atom is -0.336 e. The molecule has 0 radical (unpaired) electrons. The van der Waals surface area contributed by atoms with Crippen molar-refractivity contribution in [2.24, 2.45) is 0 Å². The maximum absolute atomic E-state index is 12.6. The van der Waals surface area contributed by atoms with Crippen molar-refractivity contribution in [3.05, 3.63) is 87.9 Å². The monoisotopic (exact) mass is 507 g/mol. The molecule has 1 atom stereocenters. The average Bonchev–Trinajstić information content (AvgIpc) is 2.85. The van der Waals surface area contributed by atoms with E-state index in [1.807, 2.05) is 18.2 Å². The summed E-state index contributed by atoms with van der Waals surface area (Å²) in [5.41, 5.74) is 4.36. The van der Waals surface area contributed by atoms with Crippen LogP contribution < -0.4 is 10.6 Å². The number of benzene rings is 3. The van der Waals surface area contributed by atoms with Crippen molar-refractivity contribution in [1.82, 2.24) is 15.1 Å². The molecule has 4 rings (SSSR count). The van der Waals surface area contributed by atoms with Gasteiger partial charge >= 0.3 is 6.03 Å². The van der Waals surface area contributed by atoms with Crippen molar-refractivity contribution in [3.8, 4) is 17.2 Å². The highest BCUT2D eigenvalue weighted by atomic mass is 35.5. The number of hydrogen-bond acceptors (Lipinski definition) is 4. The number of urea groups is 1. The van der Waals surface area contributed by atoms with Crippen LogP contribution >= 0.6 is 23.2 Å². The van der Waals surface area contributed by atoms with Gasteiger partial charge in [0, 0.05) is 48.5 Å². The number of carbonyl (C=O) groups excluding carboxylic acids is 1. The normalized spacial score (nSPS) is 15.3. The van der Waals surface area contributed by atoms with E-state index in [2.05, 4.69) is 57.8 Å². The summed E-state index contributed by atoms with van der Waals surface area (Å²) < 4.78 is 0. The van der Waals surface area contributed by atoms with Crippen molar-refractivity contribution in [3.63, 3.8) is 0 Å². The van der Waals surface area contributed by atoms with Crippen LogP contribution in [-0.4, -0.2) is 55.6 Å². The molecule has 0 spiro atoms. The van der Waals surface area contributed by atoms with E-state index in [1.54, 1.807) is 24.3 Å². The molecule has 1 unspecified atom stereocenters. The SMILES string of the molecule is CN1CCN(C(CNC(=O)Nc2cc(Cl)cc(Cl)c2)c2ccc(-c3cccc(C#N)c3)cc2)CC1. The Labute approximate surface area is 216 Å². The largest absolute Gasteiger partial charge is 0.336 e. The molecule has 0 saturated carbocycles. The summed E-state index contributed by atoms with van der Waals surface area (Å²) in [5.74, 6) is 0. The number of halogens is 2. The number of anilines is 1. The number of nitrogens with one attached hydrogen (secondary N) is 2. The van der Waals surface area contributed by atoms with Gasteiger partial charge in [0.1, 0.15) is 0 Å². The van der Waals surface area contributed by atoms with Gasteiger partial charge in [0.2, 0.25) is 0 Å². The fourth-order valence-electron chi connectivity index (χ4n) is 4.25. The Morgan fingerprint density at radius 1 is 0.971 bits per heavy atom. The van der Waals surface area contributed by atoms with Crippen LogP contribution in [0, 0.1) is 11.3 Å². The summed E-state index contributed by atoms with van der Waals surface area (Å²) in [4.78, 5) is 17.4. The number of piperazine rings is 1. The molecule has 2 amide bonds. The summed E-state index contributed by atoms with van der Waals surface area (Å²) in [6.45, 7) is 4.24. The molecule has 0 bridgehead atoms. The van der Waals surface area contributed by atoms with Crippen molar-refractivity contribution in [2.75, 3.05) is 45.1 Å². The molecule has 1 heterocycles. The lowest BCUT2D eigenvalue weighted by molar-refractivity contribution is 0.111. The lowest BCUT2D eigenvalue weighted by atomic mass is 9.98. The van der Waals surface area contributed by atoms with E-state index in [0.29, 0.717) is 27.8 Å². The molecule has 6 nitrogen and oxygen atoms in total. The molecule has 1 saturated heterocycles. The Hall–Kier alpha value is -3.08. The van der Waals surface area contributed by atoms with Gasteiger partial charge in [0.05, 0.1) is 17.7 Å². The molecule has 0 aliphatic carbocycles. The number of carbonyl (C=O) groups is 1. The maximum Gasteiger partial charge on any atom is 0.319 e. The highest BCUT2D eigenvalue weighted by molar-refractivity contribution is 6.35. The van der Waals surface area contributed by atoms with Crippen LogP contribution in [0.3, 0.4) is 0 Å². The second-order valence-corrected chi connectivity index (χ2v) is 9.54. The van der Waals surface area contributed by atoms with Gasteiger partial charge in [-0.1, -0.05) is 59.6 Å². The minimum absolute atomic E-state index is 0.0249. The highest BCUT2D eigenvalue weighted by Crippen LogP contribution is 2.27. The van der Waals surface area contributed by atoms with Crippen molar-refractivity contribution in [1.29, 1.82) is 5.26 Å². The number of nitrogens with zero attached hydrogens (tertiary/aromatic N) is 3. The van der Waals surface area contributed by atoms with Crippen molar-refractivity contribution < 1.29 is 4.79 Å². The quantitative estimate of drug-likeness (QED) is 0.452. The fraction of sp³-hybridized carbons (Fsp3) is 0.259. The van der Waals surface area contributed by atoms with Gasteiger partial charge in [0.15, 0.2) is 0 Å². The molecule has 1 aliphatic rings. The molecule has 2 N–H and O–H groups in total. The Kier molecular flexibility index (Phi) is 8.27. The predicted octanol–water partition coefficient (Wildman–Crippen LogP) is 5.64. The lowest BCUT2D eigenvalue weighted by Gasteiger charge is -2.38. The summed E-state index contributed by atoms with van der Waals surface area (Å²) in [5, 5.41) is 15.9. The fourth-order valence-corrected chi connectivity index (χ4v) is 4.77. The number of likely N-dealkylation sites (N-methyl/N-ethyl adjacent to an activating group) is 1. The number of amides is 2. The highest BCUT2D eigenvalue weighted by Gasteiger charge is 2.24. The second-order valence-electron chi connectivity index (χ2n) is 8.66. The van der Waals surface area contributed by atoms with Crippen LogP contribution in [0.5, 0.6) is 0 Å². The third kappa shape index (κ3) is 6.74. The summed E-state index contributed by atoms with van der Waals surface area (Å²) in [6, 6.07) is 22.8. The molecule has 3 aromatic carbocycles. The molecular formula is C27H27Cl2N5O. The molecule has 180 valence electrons. The number of nitriles is 1. The Balaban J connectivity index is 1.49. The van der Waals surface area contributed by atoms with Gasteiger partial charge in [-0.15, -0.1) is 0 Å². The van der Waals surface area contributed by atoms with Gasteiger partial charge in [-0.05, 0) is 54.1 Å². The molecule has 1 aliphatic heterocycles. The molecule has 0 aromatic heterocycles. The van der Waals surface area contributed by atoms with Gasteiger partial charge in [-0.25, -0.2) is 4.79 Å². The van der Waals surface area contributed by atoms with Gasteiger partial charge < -0.3 is 15.5 Å². The standard InChI is InChI=1S/C27H27Cl2N5O/c1-33-9-11-34(12-10-33)26(18-31-27(35)32-25-15-23(28)14-24(29)16-25)21-7-5-20(6-8-21)22-4-2-3-19(13-22)17-30/h2-8,13-16,26H,9-12,18H2,1H3,(H2,31,32,35).